The molecular weight excluding hydrogens is 136 g/mol. The Labute approximate surface area is 64.7 Å². The molecule has 1 unspecified atom stereocenters. The lowest BCUT2D eigenvalue weighted by Gasteiger charge is -2.17. The first kappa shape index (κ1) is 7.80. The second-order valence-corrected chi connectivity index (χ2v) is 9.33. The van der Waals surface area contributed by atoms with Gasteiger partial charge in [-0.15, -0.1) is 6.58 Å². The van der Waals surface area contributed by atoms with Crippen LogP contribution >= 0.6 is 0 Å². The van der Waals surface area contributed by atoms with Gasteiger partial charge in [0, 0.05) is 5.41 Å². The largest absolute Gasteiger partial charge is 0.102 e. The molecule has 1 atom stereocenters. The Hall–Kier alpha value is -0.303. The van der Waals surface area contributed by atoms with Gasteiger partial charge in [-0.3, -0.25) is 0 Å². The fourth-order valence-electron chi connectivity index (χ4n) is 1.46. The van der Waals surface area contributed by atoms with E-state index in [1.54, 1.807) is 5.20 Å². The van der Waals surface area contributed by atoms with Gasteiger partial charge in [0.15, 0.2) is 0 Å². The molecular formula is C9H16Si. The van der Waals surface area contributed by atoms with Crippen LogP contribution in [0.2, 0.25) is 19.6 Å². The van der Waals surface area contributed by atoms with Gasteiger partial charge in [0.05, 0.1) is 8.07 Å². The summed E-state index contributed by atoms with van der Waals surface area (Å²) in [6.45, 7) is 13.2. The zero-order chi connectivity index (χ0) is 7.99. The molecule has 1 aliphatic carbocycles. The van der Waals surface area contributed by atoms with Crippen LogP contribution in [0.1, 0.15) is 6.92 Å². The average molecular weight is 152 g/mol. The summed E-state index contributed by atoms with van der Waals surface area (Å²) in [4.78, 5) is 0. The Morgan fingerprint density at radius 1 is 1.50 bits per heavy atom. The Balaban J connectivity index is 2.68. The summed E-state index contributed by atoms with van der Waals surface area (Å²) < 4.78 is 0. The second kappa shape index (κ2) is 1.85. The topological polar surface area (TPSA) is 0 Å². The maximum Gasteiger partial charge on any atom is 0.0736 e. The fourth-order valence-corrected chi connectivity index (χ4v) is 3.91. The van der Waals surface area contributed by atoms with Crippen molar-refractivity contribution in [2.45, 2.75) is 26.6 Å². The van der Waals surface area contributed by atoms with Crippen molar-refractivity contribution >= 4 is 8.07 Å². The summed E-state index contributed by atoms with van der Waals surface area (Å²) in [6.07, 6.45) is 4.41. The van der Waals surface area contributed by atoms with Crippen molar-refractivity contribution in [3.63, 3.8) is 0 Å². The lowest BCUT2D eigenvalue weighted by atomic mass is 10.1. The molecule has 0 heterocycles. The highest BCUT2D eigenvalue weighted by Crippen LogP contribution is 2.49. The van der Waals surface area contributed by atoms with Crippen molar-refractivity contribution in [2.75, 3.05) is 0 Å². The van der Waals surface area contributed by atoms with Gasteiger partial charge >= 0.3 is 0 Å². The van der Waals surface area contributed by atoms with Gasteiger partial charge in [-0.1, -0.05) is 37.0 Å². The number of hydrogen-bond acceptors (Lipinski definition) is 0. The molecule has 0 aromatic heterocycles. The monoisotopic (exact) mass is 152 g/mol. The van der Waals surface area contributed by atoms with E-state index in [-0.39, 0.29) is 0 Å². The normalized spacial score (nSPS) is 31.4. The quantitative estimate of drug-likeness (QED) is 0.421. The minimum Gasteiger partial charge on any atom is -0.102 e. The van der Waals surface area contributed by atoms with Gasteiger partial charge < -0.3 is 0 Å². The van der Waals surface area contributed by atoms with E-state index in [9.17, 15) is 0 Å². The first-order valence-electron chi connectivity index (χ1n) is 3.77. The zero-order valence-electron chi connectivity index (χ0n) is 7.36. The van der Waals surface area contributed by atoms with Crippen molar-refractivity contribution in [3.8, 4) is 0 Å². The second-order valence-electron chi connectivity index (χ2n) is 4.29. The lowest BCUT2D eigenvalue weighted by molar-refractivity contribution is 0.822. The molecule has 0 N–H and O–H groups in total. The van der Waals surface area contributed by atoms with Crippen molar-refractivity contribution in [2.24, 2.45) is 5.41 Å². The fraction of sp³-hybridized carbons (Fsp3) is 0.556. The third-order valence-corrected chi connectivity index (χ3v) is 4.47. The maximum atomic E-state index is 3.83. The van der Waals surface area contributed by atoms with Crippen LogP contribution < -0.4 is 0 Å². The third kappa shape index (κ3) is 1.10. The van der Waals surface area contributed by atoms with Crippen molar-refractivity contribution < 1.29 is 0 Å². The Morgan fingerprint density at radius 2 is 2.00 bits per heavy atom. The summed E-state index contributed by atoms with van der Waals surface area (Å²) in [5.41, 5.74) is 0.310. The van der Waals surface area contributed by atoms with Crippen LogP contribution in [0.4, 0.5) is 0 Å². The zero-order valence-corrected chi connectivity index (χ0v) is 8.36. The van der Waals surface area contributed by atoms with Crippen LogP contribution in [-0.4, -0.2) is 8.07 Å². The van der Waals surface area contributed by atoms with E-state index >= 15 is 0 Å². The lowest BCUT2D eigenvalue weighted by Crippen LogP contribution is -2.22. The summed E-state index contributed by atoms with van der Waals surface area (Å²) in [5, 5.41) is 1.66. The minimum atomic E-state index is -0.990. The molecule has 0 spiro atoms. The molecule has 0 bridgehead atoms. The number of allylic oxidation sites excluding steroid dienone is 3. The highest BCUT2D eigenvalue weighted by atomic mass is 28.3. The van der Waals surface area contributed by atoms with Gasteiger partial charge in [-0.2, -0.15) is 0 Å². The molecule has 0 aromatic carbocycles. The Bertz CT molecular complexity index is 195. The van der Waals surface area contributed by atoms with E-state index < -0.39 is 8.07 Å². The van der Waals surface area contributed by atoms with Gasteiger partial charge in [0.2, 0.25) is 0 Å². The molecule has 0 aliphatic heterocycles. The molecule has 56 valence electrons. The molecule has 0 saturated carbocycles. The highest BCUT2D eigenvalue weighted by Gasteiger charge is 2.43. The van der Waals surface area contributed by atoms with Crippen molar-refractivity contribution in [1.82, 2.24) is 0 Å². The van der Waals surface area contributed by atoms with E-state index in [2.05, 4.69) is 45.3 Å². The molecule has 1 heteroatoms. The van der Waals surface area contributed by atoms with Crippen LogP contribution in [0.25, 0.3) is 0 Å². The Morgan fingerprint density at radius 3 is 2.10 bits per heavy atom. The molecule has 1 aliphatic rings. The van der Waals surface area contributed by atoms with Crippen molar-refractivity contribution in [3.05, 3.63) is 23.9 Å². The van der Waals surface area contributed by atoms with Gasteiger partial charge in [-0.05, 0) is 6.92 Å². The van der Waals surface area contributed by atoms with Crippen molar-refractivity contribution in [1.29, 1.82) is 0 Å². The summed E-state index contributed by atoms with van der Waals surface area (Å²) >= 11 is 0. The molecule has 0 saturated heterocycles. The standard InChI is InChI=1S/C9H16Si/c1-6-9(2)7-8(9)10(3,4)5/h6-7H,1H2,2-5H3. The summed E-state index contributed by atoms with van der Waals surface area (Å²) in [6, 6.07) is 0. The maximum absolute atomic E-state index is 3.83. The van der Waals surface area contributed by atoms with E-state index in [1.165, 1.54) is 0 Å². The van der Waals surface area contributed by atoms with Crippen LogP contribution in [0.5, 0.6) is 0 Å². The molecule has 0 fully saturated rings. The molecule has 1 rings (SSSR count). The van der Waals surface area contributed by atoms with Gasteiger partial charge in [-0.25, -0.2) is 0 Å². The molecule has 0 amide bonds. The van der Waals surface area contributed by atoms with Gasteiger partial charge in [0.1, 0.15) is 0 Å². The van der Waals surface area contributed by atoms with Gasteiger partial charge in [0.25, 0.3) is 0 Å². The number of rotatable bonds is 2. The van der Waals surface area contributed by atoms with Crippen LogP contribution in [0.15, 0.2) is 23.9 Å². The predicted molar refractivity (Wildman–Crippen MR) is 49.7 cm³/mol. The average Bonchev–Trinajstić information content (AvgIpc) is 2.43. The highest BCUT2D eigenvalue weighted by molar-refractivity contribution is 6.84. The summed E-state index contributed by atoms with van der Waals surface area (Å²) in [5.74, 6) is 0. The first-order chi connectivity index (χ1) is 4.40. The van der Waals surface area contributed by atoms with E-state index in [0.717, 1.165) is 0 Å². The van der Waals surface area contributed by atoms with Crippen LogP contribution in [0, 0.1) is 5.41 Å². The molecule has 0 nitrogen and oxygen atoms in total. The molecule has 0 aromatic rings. The SMILES string of the molecule is C=CC1(C)C=C1[Si](C)(C)C. The Kier molecular flexibility index (Phi) is 1.44. The van der Waals surface area contributed by atoms with Crippen LogP contribution in [0.3, 0.4) is 0 Å². The third-order valence-electron chi connectivity index (χ3n) is 2.17. The smallest absolute Gasteiger partial charge is 0.0736 e. The number of hydrogen-bond donors (Lipinski definition) is 0. The first-order valence-corrected chi connectivity index (χ1v) is 7.27. The van der Waals surface area contributed by atoms with Crippen LogP contribution in [-0.2, 0) is 0 Å². The summed E-state index contributed by atoms with van der Waals surface area (Å²) in [7, 11) is -0.990. The molecule has 10 heavy (non-hydrogen) atoms. The van der Waals surface area contributed by atoms with E-state index in [4.69, 9.17) is 0 Å². The predicted octanol–water partition coefficient (Wildman–Crippen LogP) is 3.00. The molecule has 0 radical (unpaired) electrons. The van der Waals surface area contributed by atoms with E-state index in [1.807, 2.05) is 0 Å². The minimum absolute atomic E-state index is 0.310. The van der Waals surface area contributed by atoms with E-state index in [0.29, 0.717) is 5.41 Å².